The molecule has 0 aliphatic carbocycles. The van der Waals surface area contributed by atoms with Crippen molar-refractivity contribution in [2.45, 2.75) is 0 Å². The lowest BCUT2D eigenvalue weighted by Gasteiger charge is -2.06. The summed E-state index contributed by atoms with van der Waals surface area (Å²) in [6.07, 6.45) is 3.05. The lowest BCUT2D eigenvalue weighted by molar-refractivity contribution is -0.384. The van der Waals surface area contributed by atoms with Gasteiger partial charge in [0.25, 0.3) is 11.6 Å². The van der Waals surface area contributed by atoms with Gasteiger partial charge in [-0.3, -0.25) is 19.9 Å². The van der Waals surface area contributed by atoms with Gasteiger partial charge in [0.05, 0.1) is 16.0 Å². The molecule has 0 aliphatic heterocycles. The van der Waals surface area contributed by atoms with Crippen molar-refractivity contribution in [3.63, 3.8) is 0 Å². The zero-order valence-electron chi connectivity index (χ0n) is 14.3. The molecule has 9 nitrogen and oxygen atoms in total. The highest BCUT2D eigenvalue weighted by atomic mass is 16.6. The molecular weight excluding hydrogens is 362 g/mol. The van der Waals surface area contributed by atoms with Gasteiger partial charge in [-0.1, -0.05) is 0 Å². The number of amides is 1. The zero-order valence-corrected chi connectivity index (χ0v) is 14.3. The fraction of sp³-hybridized carbons (Fsp3) is 0. The summed E-state index contributed by atoms with van der Waals surface area (Å²) in [5.74, 6) is -0.0526. The number of fused-ring (bicyclic) bond motifs is 1. The van der Waals surface area contributed by atoms with Gasteiger partial charge in [-0.2, -0.15) is 4.73 Å². The molecule has 4 aromatic rings. The summed E-state index contributed by atoms with van der Waals surface area (Å²) in [6, 6.07) is 14.1. The molecule has 0 aliphatic rings. The molecular formula is C19H13N5O4. The van der Waals surface area contributed by atoms with Crippen LogP contribution < -0.4 is 5.32 Å². The van der Waals surface area contributed by atoms with Crippen molar-refractivity contribution in [1.29, 1.82) is 0 Å². The number of anilines is 1. The third-order valence-electron chi connectivity index (χ3n) is 4.15. The predicted octanol–water partition coefficient (Wildman–Crippen LogP) is 3.50. The highest BCUT2D eigenvalue weighted by Crippen LogP contribution is 2.27. The van der Waals surface area contributed by atoms with Crippen LogP contribution in [0.4, 0.5) is 11.4 Å². The number of hydrogen-bond donors (Lipinski definition) is 2. The largest absolute Gasteiger partial charge is 0.426 e. The number of nitrogens with one attached hydrogen (secondary N) is 1. The molecule has 2 aromatic heterocycles. The highest BCUT2D eigenvalue weighted by molar-refractivity contribution is 6.04. The zero-order chi connectivity index (χ0) is 19.7. The van der Waals surface area contributed by atoms with Crippen molar-refractivity contribution in [1.82, 2.24) is 14.7 Å². The van der Waals surface area contributed by atoms with E-state index in [0.29, 0.717) is 22.3 Å². The molecule has 0 unspecified atom stereocenters. The van der Waals surface area contributed by atoms with Crippen LogP contribution in [0.5, 0.6) is 0 Å². The number of non-ortho nitro benzene ring substituents is 1. The summed E-state index contributed by atoms with van der Waals surface area (Å²) in [5.41, 5.74) is 2.11. The minimum atomic E-state index is -0.536. The van der Waals surface area contributed by atoms with Crippen molar-refractivity contribution in [3.8, 4) is 11.4 Å². The first kappa shape index (κ1) is 17.2. The van der Waals surface area contributed by atoms with Crippen LogP contribution >= 0.6 is 0 Å². The van der Waals surface area contributed by atoms with Gasteiger partial charge >= 0.3 is 0 Å². The van der Waals surface area contributed by atoms with Gasteiger partial charge in [-0.15, -0.1) is 0 Å². The quantitative estimate of drug-likeness (QED) is 0.320. The van der Waals surface area contributed by atoms with Crippen LogP contribution in [0, 0.1) is 10.1 Å². The molecule has 1 amide bonds. The normalized spacial score (nSPS) is 10.7. The first-order valence-electron chi connectivity index (χ1n) is 8.21. The van der Waals surface area contributed by atoms with E-state index < -0.39 is 4.92 Å². The minimum absolute atomic E-state index is 0.136. The van der Waals surface area contributed by atoms with Gasteiger partial charge in [0.15, 0.2) is 5.82 Å². The third kappa shape index (κ3) is 3.12. The van der Waals surface area contributed by atoms with Gasteiger partial charge in [0.1, 0.15) is 5.52 Å². The Bertz CT molecular complexity index is 1190. The van der Waals surface area contributed by atoms with Crippen LogP contribution in [0.2, 0.25) is 0 Å². The Balaban J connectivity index is 1.61. The fourth-order valence-electron chi connectivity index (χ4n) is 2.75. The maximum Gasteiger partial charge on any atom is 0.271 e. The molecule has 2 N–H and O–H groups in total. The van der Waals surface area contributed by atoms with Crippen molar-refractivity contribution < 1.29 is 14.9 Å². The smallest absolute Gasteiger partial charge is 0.271 e. The van der Waals surface area contributed by atoms with E-state index in [0.717, 1.165) is 4.73 Å². The highest BCUT2D eigenvalue weighted by Gasteiger charge is 2.16. The molecule has 0 saturated heterocycles. The summed E-state index contributed by atoms with van der Waals surface area (Å²) >= 11 is 0. The van der Waals surface area contributed by atoms with Crippen molar-refractivity contribution in [2.24, 2.45) is 0 Å². The molecule has 0 spiro atoms. The molecule has 138 valence electrons. The maximum atomic E-state index is 12.2. The Labute approximate surface area is 158 Å². The molecule has 0 saturated carbocycles. The van der Waals surface area contributed by atoms with Crippen LogP contribution in [-0.2, 0) is 0 Å². The fourth-order valence-corrected chi connectivity index (χ4v) is 2.75. The van der Waals surface area contributed by atoms with Gasteiger partial charge in [0.2, 0.25) is 0 Å². The third-order valence-corrected chi connectivity index (χ3v) is 4.15. The summed E-state index contributed by atoms with van der Waals surface area (Å²) < 4.78 is 0.811. The summed E-state index contributed by atoms with van der Waals surface area (Å²) in [4.78, 5) is 30.8. The Hall–Kier alpha value is -4.27. The molecule has 0 atom stereocenters. The van der Waals surface area contributed by atoms with E-state index in [1.165, 1.54) is 24.4 Å². The Morgan fingerprint density at radius 1 is 1.14 bits per heavy atom. The standard InChI is InChI=1S/C19H13N5O4/c25-19(13-2-1-9-20-11-13)21-14-5-3-12(4-6-14)18-22-16-8-7-15(24(27)28)10-17(16)23(18)26/h1-11,26H,(H,21,25). The van der Waals surface area contributed by atoms with Crippen molar-refractivity contribution in [3.05, 3.63) is 82.7 Å². The molecule has 0 bridgehead atoms. The number of aromatic nitrogens is 3. The van der Waals surface area contributed by atoms with E-state index >= 15 is 0 Å². The number of rotatable bonds is 4. The summed E-state index contributed by atoms with van der Waals surface area (Å²) in [5, 5.41) is 24.0. The first-order chi connectivity index (χ1) is 13.5. The predicted molar refractivity (Wildman–Crippen MR) is 101 cm³/mol. The second kappa shape index (κ2) is 6.80. The van der Waals surface area contributed by atoms with E-state index in [1.807, 2.05) is 0 Å². The number of nitro groups is 1. The number of benzene rings is 2. The van der Waals surface area contributed by atoms with Crippen molar-refractivity contribution >= 4 is 28.3 Å². The van der Waals surface area contributed by atoms with E-state index in [2.05, 4.69) is 15.3 Å². The molecule has 2 aromatic carbocycles. The monoisotopic (exact) mass is 375 g/mol. The minimum Gasteiger partial charge on any atom is -0.426 e. The number of nitrogens with zero attached hydrogens (tertiary/aromatic N) is 4. The first-order valence-corrected chi connectivity index (χ1v) is 8.21. The average molecular weight is 375 g/mol. The lowest BCUT2D eigenvalue weighted by Crippen LogP contribution is -2.11. The van der Waals surface area contributed by atoms with Gasteiger partial charge in [0, 0.05) is 35.8 Å². The average Bonchev–Trinajstić information content (AvgIpc) is 3.05. The molecule has 2 heterocycles. The molecule has 9 heteroatoms. The SMILES string of the molecule is O=C(Nc1ccc(-c2nc3ccc([N+](=O)[O-])cc3n2O)cc1)c1cccnc1. The lowest BCUT2D eigenvalue weighted by atomic mass is 10.2. The van der Waals surface area contributed by atoms with E-state index in [9.17, 15) is 20.1 Å². The second-order valence-corrected chi connectivity index (χ2v) is 5.95. The topological polar surface area (TPSA) is 123 Å². The number of hydrogen-bond acceptors (Lipinski definition) is 6. The second-order valence-electron chi connectivity index (χ2n) is 5.95. The maximum absolute atomic E-state index is 12.2. The van der Waals surface area contributed by atoms with Crippen LogP contribution in [0.3, 0.4) is 0 Å². The molecule has 0 fully saturated rings. The van der Waals surface area contributed by atoms with Gasteiger partial charge < -0.3 is 10.5 Å². The van der Waals surface area contributed by atoms with E-state index in [1.54, 1.807) is 42.6 Å². The van der Waals surface area contributed by atoms with E-state index in [-0.39, 0.29) is 22.9 Å². The Kier molecular flexibility index (Phi) is 4.17. The van der Waals surface area contributed by atoms with Crippen LogP contribution in [0.1, 0.15) is 10.4 Å². The number of imidazole rings is 1. The van der Waals surface area contributed by atoms with Gasteiger partial charge in [-0.05, 0) is 42.5 Å². The Morgan fingerprint density at radius 2 is 1.93 bits per heavy atom. The molecule has 28 heavy (non-hydrogen) atoms. The number of carbonyl (C=O) groups excluding carboxylic acids is 1. The summed E-state index contributed by atoms with van der Waals surface area (Å²) in [6.45, 7) is 0. The van der Waals surface area contributed by atoms with Gasteiger partial charge in [-0.25, -0.2) is 4.98 Å². The van der Waals surface area contributed by atoms with Crippen molar-refractivity contribution in [2.75, 3.05) is 5.32 Å². The summed E-state index contributed by atoms with van der Waals surface area (Å²) in [7, 11) is 0. The molecule has 0 radical (unpaired) electrons. The van der Waals surface area contributed by atoms with Crippen LogP contribution in [0.15, 0.2) is 67.0 Å². The molecule has 4 rings (SSSR count). The van der Waals surface area contributed by atoms with Crippen LogP contribution in [-0.4, -0.2) is 30.7 Å². The van der Waals surface area contributed by atoms with E-state index in [4.69, 9.17) is 0 Å². The Morgan fingerprint density at radius 3 is 2.61 bits per heavy atom. The number of pyridine rings is 1. The van der Waals surface area contributed by atoms with Crippen LogP contribution in [0.25, 0.3) is 22.4 Å². The number of nitro benzene ring substituents is 1. The number of carbonyl (C=O) groups is 1.